The highest BCUT2D eigenvalue weighted by molar-refractivity contribution is 4.94. The van der Waals surface area contributed by atoms with Gasteiger partial charge in [-0.3, -0.25) is 0 Å². The Balaban J connectivity index is 4.36. The lowest BCUT2D eigenvalue weighted by Gasteiger charge is -2.20. The van der Waals surface area contributed by atoms with Crippen molar-refractivity contribution in [1.29, 1.82) is 0 Å². The molecule has 0 aromatic rings. The van der Waals surface area contributed by atoms with Crippen molar-refractivity contribution in [2.75, 3.05) is 0 Å². The second-order valence-electron chi connectivity index (χ2n) is 5.22. The Bertz CT molecular complexity index is 206. The summed E-state index contributed by atoms with van der Waals surface area (Å²) in [5, 5.41) is 0. The third-order valence-corrected chi connectivity index (χ3v) is 3.11. The molecule has 2 unspecified atom stereocenters. The van der Waals surface area contributed by atoms with Gasteiger partial charge in [-0.15, -0.1) is 0 Å². The summed E-state index contributed by atoms with van der Waals surface area (Å²) in [6.45, 7) is 8.89. The van der Waals surface area contributed by atoms with Crippen molar-refractivity contribution in [2.24, 2.45) is 0 Å². The molecule has 0 radical (unpaired) electrons. The lowest BCUT2D eigenvalue weighted by Crippen LogP contribution is -2.19. The monoisotopic (exact) mass is 266 g/mol. The smallest absolute Gasteiger partial charge is 0.0763 e. The topological polar surface area (TPSA) is 9.23 Å². The minimum atomic E-state index is 0.291. The van der Waals surface area contributed by atoms with E-state index in [2.05, 4.69) is 52.0 Å². The van der Waals surface area contributed by atoms with E-state index >= 15 is 0 Å². The highest BCUT2D eigenvalue weighted by Crippen LogP contribution is 2.13. The van der Waals surface area contributed by atoms with Gasteiger partial charge in [-0.2, -0.15) is 0 Å². The average Bonchev–Trinajstić information content (AvgIpc) is 2.39. The number of unbranched alkanes of at least 4 members (excludes halogenated alkanes) is 2. The summed E-state index contributed by atoms with van der Waals surface area (Å²) in [5.74, 6) is 0. The van der Waals surface area contributed by atoms with Gasteiger partial charge < -0.3 is 4.74 Å². The van der Waals surface area contributed by atoms with Gasteiger partial charge in [0, 0.05) is 0 Å². The summed E-state index contributed by atoms with van der Waals surface area (Å²) in [4.78, 5) is 0. The van der Waals surface area contributed by atoms with E-state index in [0.717, 1.165) is 25.7 Å². The maximum atomic E-state index is 6.25. The van der Waals surface area contributed by atoms with Crippen molar-refractivity contribution in [3.63, 3.8) is 0 Å². The normalized spacial score (nSPS) is 15.4. The molecular formula is C18H34O. The Morgan fingerprint density at radius 2 is 1.11 bits per heavy atom. The van der Waals surface area contributed by atoms with Crippen molar-refractivity contribution >= 4 is 0 Å². The van der Waals surface area contributed by atoms with E-state index in [1.807, 2.05) is 0 Å². The van der Waals surface area contributed by atoms with E-state index in [1.54, 1.807) is 0 Å². The summed E-state index contributed by atoms with van der Waals surface area (Å²) in [6, 6.07) is 0. The van der Waals surface area contributed by atoms with Crippen LogP contribution in [0.3, 0.4) is 0 Å². The van der Waals surface area contributed by atoms with Crippen LogP contribution in [0, 0.1) is 0 Å². The van der Waals surface area contributed by atoms with Crippen LogP contribution in [0.15, 0.2) is 24.3 Å². The van der Waals surface area contributed by atoms with Crippen LogP contribution < -0.4 is 0 Å². The van der Waals surface area contributed by atoms with E-state index in [4.69, 9.17) is 4.74 Å². The lowest BCUT2D eigenvalue weighted by atomic mass is 10.1. The Labute approximate surface area is 121 Å². The molecule has 0 heterocycles. The summed E-state index contributed by atoms with van der Waals surface area (Å²) < 4.78 is 6.25. The zero-order chi connectivity index (χ0) is 14.3. The largest absolute Gasteiger partial charge is 0.367 e. The van der Waals surface area contributed by atoms with Crippen LogP contribution in [0.5, 0.6) is 0 Å². The molecule has 0 saturated heterocycles. The quantitative estimate of drug-likeness (QED) is 0.390. The van der Waals surface area contributed by atoms with Crippen LogP contribution in [-0.4, -0.2) is 12.2 Å². The summed E-state index contributed by atoms with van der Waals surface area (Å²) >= 11 is 0. The average molecular weight is 266 g/mol. The first-order valence-corrected chi connectivity index (χ1v) is 8.27. The van der Waals surface area contributed by atoms with Crippen molar-refractivity contribution < 1.29 is 4.74 Å². The van der Waals surface area contributed by atoms with E-state index < -0.39 is 0 Å². The molecule has 1 heteroatoms. The SMILES string of the molecule is CCCC=CC(CCC)OC(C=CCCC)CCC. The lowest BCUT2D eigenvalue weighted by molar-refractivity contribution is 0.0313. The molecule has 0 aromatic carbocycles. The number of hydrogen-bond donors (Lipinski definition) is 0. The van der Waals surface area contributed by atoms with Crippen LogP contribution in [0.25, 0.3) is 0 Å². The minimum Gasteiger partial charge on any atom is -0.367 e. The molecule has 0 aromatic heterocycles. The first-order chi connectivity index (χ1) is 9.28. The molecular weight excluding hydrogens is 232 g/mol. The molecule has 19 heavy (non-hydrogen) atoms. The Morgan fingerprint density at radius 3 is 1.42 bits per heavy atom. The maximum absolute atomic E-state index is 6.25. The summed E-state index contributed by atoms with van der Waals surface area (Å²) in [7, 11) is 0. The Hall–Kier alpha value is -0.560. The molecule has 0 fully saturated rings. The van der Waals surface area contributed by atoms with Gasteiger partial charge in [0.05, 0.1) is 12.2 Å². The predicted octanol–water partition coefficient (Wildman–Crippen LogP) is 6.05. The third kappa shape index (κ3) is 11.0. The van der Waals surface area contributed by atoms with Crippen LogP contribution >= 0.6 is 0 Å². The molecule has 0 saturated carbocycles. The van der Waals surface area contributed by atoms with Gasteiger partial charge in [0.2, 0.25) is 0 Å². The molecule has 1 nitrogen and oxygen atoms in total. The van der Waals surface area contributed by atoms with E-state index in [1.165, 1.54) is 25.7 Å². The number of allylic oxidation sites excluding steroid dienone is 2. The van der Waals surface area contributed by atoms with Crippen molar-refractivity contribution in [3.05, 3.63) is 24.3 Å². The van der Waals surface area contributed by atoms with Gasteiger partial charge in [0.15, 0.2) is 0 Å². The maximum Gasteiger partial charge on any atom is 0.0763 e. The van der Waals surface area contributed by atoms with Crippen molar-refractivity contribution in [3.8, 4) is 0 Å². The van der Waals surface area contributed by atoms with Gasteiger partial charge in [-0.05, 0) is 25.7 Å². The van der Waals surface area contributed by atoms with Crippen molar-refractivity contribution in [1.82, 2.24) is 0 Å². The second-order valence-corrected chi connectivity index (χ2v) is 5.22. The van der Waals surface area contributed by atoms with E-state index in [0.29, 0.717) is 12.2 Å². The number of rotatable bonds is 12. The molecule has 0 spiro atoms. The molecule has 0 aliphatic heterocycles. The predicted molar refractivity (Wildman–Crippen MR) is 86.6 cm³/mol. The highest BCUT2D eigenvalue weighted by Gasteiger charge is 2.10. The second kappa shape index (κ2) is 13.9. The van der Waals surface area contributed by atoms with Gasteiger partial charge >= 0.3 is 0 Å². The summed E-state index contributed by atoms with van der Waals surface area (Å²) in [6.07, 6.45) is 19.0. The first kappa shape index (κ1) is 18.4. The van der Waals surface area contributed by atoms with Gasteiger partial charge in [0.25, 0.3) is 0 Å². The minimum absolute atomic E-state index is 0.291. The molecule has 0 bridgehead atoms. The fourth-order valence-electron chi connectivity index (χ4n) is 2.04. The molecule has 0 N–H and O–H groups in total. The first-order valence-electron chi connectivity index (χ1n) is 8.27. The molecule has 0 rings (SSSR count). The third-order valence-electron chi connectivity index (χ3n) is 3.11. The van der Waals surface area contributed by atoms with Gasteiger partial charge in [0.1, 0.15) is 0 Å². The van der Waals surface area contributed by atoms with Crippen LogP contribution in [-0.2, 0) is 4.74 Å². The van der Waals surface area contributed by atoms with Crippen LogP contribution in [0.2, 0.25) is 0 Å². The zero-order valence-corrected chi connectivity index (χ0v) is 13.5. The molecule has 0 amide bonds. The summed E-state index contributed by atoms with van der Waals surface area (Å²) in [5.41, 5.74) is 0. The molecule has 112 valence electrons. The van der Waals surface area contributed by atoms with Crippen LogP contribution in [0.4, 0.5) is 0 Å². The molecule has 0 aliphatic carbocycles. The molecule has 0 aliphatic rings. The zero-order valence-electron chi connectivity index (χ0n) is 13.5. The standard InChI is InChI=1S/C18H34O/c1-5-9-11-15-17(13-7-3)19-18(14-8-4)16-12-10-6-2/h11-12,15-18H,5-10,13-14H2,1-4H3. The fourth-order valence-corrected chi connectivity index (χ4v) is 2.04. The molecule has 2 atom stereocenters. The highest BCUT2D eigenvalue weighted by atomic mass is 16.5. The number of hydrogen-bond acceptors (Lipinski definition) is 1. The van der Waals surface area contributed by atoms with Crippen LogP contribution in [0.1, 0.15) is 79.1 Å². The van der Waals surface area contributed by atoms with Gasteiger partial charge in [-0.1, -0.05) is 77.7 Å². The van der Waals surface area contributed by atoms with Gasteiger partial charge in [-0.25, -0.2) is 0 Å². The van der Waals surface area contributed by atoms with Crippen molar-refractivity contribution in [2.45, 2.75) is 91.3 Å². The van der Waals surface area contributed by atoms with E-state index in [9.17, 15) is 0 Å². The fraction of sp³-hybridized carbons (Fsp3) is 0.778. The Kier molecular flexibility index (Phi) is 13.5. The number of ether oxygens (including phenoxy) is 1. The van der Waals surface area contributed by atoms with E-state index in [-0.39, 0.29) is 0 Å². The Morgan fingerprint density at radius 1 is 0.684 bits per heavy atom.